The summed E-state index contributed by atoms with van der Waals surface area (Å²) in [6.45, 7) is 7.74. The second kappa shape index (κ2) is 17.2. The fourth-order valence-corrected chi connectivity index (χ4v) is 7.64. The van der Waals surface area contributed by atoms with Crippen molar-refractivity contribution in [3.8, 4) is 28.3 Å². The summed E-state index contributed by atoms with van der Waals surface area (Å²) in [5, 5.41) is 32.7. The van der Waals surface area contributed by atoms with Crippen molar-refractivity contribution in [3.05, 3.63) is 95.3 Å². The van der Waals surface area contributed by atoms with Gasteiger partial charge in [0.15, 0.2) is 0 Å². The lowest BCUT2D eigenvalue weighted by atomic mass is 9.96. The molecule has 5 N–H and O–H groups in total. The van der Waals surface area contributed by atoms with Crippen LogP contribution in [-0.4, -0.2) is 110 Å². The van der Waals surface area contributed by atoms with E-state index in [2.05, 4.69) is 25.2 Å². The third-order valence-corrected chi connectivity index (χ3v) is 11.0. The second-order valence-electron chi connectivity index (χ2n) is 15.6. The summed E-state index contributed by atoms with van der Waals surface area (Å²) in [6.07, 6.45) is 3.00. The van der Waals surface area contributed by atoms with Crippen molar-refractivity contribution in [1.29, 1.82) is 0 Å². The zero-order valence-electron chi connectivity index (χ0n) is 32.7. The summed E-state index contributed by atoms with van der Waals surface area (Å²) in [6, 6.07) is 16.0. The lowest BCUT2D eigenvalue weighted by Gasteiger charge is -2.36. The molecule has 0 aliphatic carbocycles. The van der Waals surface area contributed by atoms with E-state index >= 15 is 4.39 Å². The minimum atomic E-state index is -1.29. The molecule has 13 nitrogen and oxygen atoms in total. The van der Waals surface area contributed by atoms with Crippen molar-refractivity contribution in [2.45, 2.75) is 70.4 Å². The van der Waals surface area contributed by atoms with E-state index in [9.17, 15) is 29.3 Å². The average Bonchev–Trinajstić information content (AvgIpc) is 3.64. The molecular weight excluding hydrogens is 751 g/mol. The Morgan fingerprint density at radius 3 is 2.33 bits per heavy atom. The molecule has 2 aliphatic rings. The number of carbonyl (C=O) groups is 2. The Morgan fingerprint density at radius 1 is 0.966 bits per heavy atom. The quantitative estimate of drug-likeness (QED) is 0.0912. The molecule has 2 amide bonds. The predicted octanol–water partition coefficient (Wildman–Crippen LogP) is 6.72. The summed E-state index contributed by atoms with van der Waals surface area (Å²) in [7, 11) is 0. The van der Waals surface area contributed by atoms with Crippen LogP contribution in [0.4, 0.5) is 19.3 Å². The fourth-order valence-electron chi connectivity index (χ4n) is 7.64. The van der Waals surface area contributed by atoms with Crippen LogP contribution in [0.5, 0.6) is 5.75 Å². The Hall–Kier alpha value is -5.48. The second-order valence-corrected chi connectivity index (χ2v) is 15.6. The Labute approximate surface area is 334 Å². The molecule has 1 unspecified atom stereocenters. The van der Waals surface area contributed by atoms with E-state index in [1.165, 1.54) is 49.3 Å². The van der Waals surface area contributed by atoms with Gasteiger partial charge in [0.2, 0.25) is 0 Å². The number of likely N-dealkylation sites (tertiary alicyclic amines) is 2. The number of H-pyrrole nitrogens is 1. The first kappa shape index (κ1) is 40.7. The highest BCUT2D eigenvalue weighted by Crippen LogP contribution is 2.36. The van der Waals surface area contributed by atoms with Gasteiger partial charge < -0.3 is 44.9 Å². The molecule has 0 radical (unpaired) electrons. The number of benzene rings is 3. The van der Waals surface area contributed by atoms with E-state index in [1.54, 1.807) is 6.92 Å². The summed E-state index contributed by atoms with van der Waals surface area (Å²) in [5.41, 5.74) is 2.50. The maximum absolute atomic E-state index is 15.1. The smallest absolute Gasteiger partial charge is 0.407 e. The van der Waals surface area contributed by atoms with E-state index in [0.29, 0.717) is 65.9 Å². The number of anilines is 1. The van der Waals surface area contributed by atoms with Gasteiger partial charge in [-0.3, -0.25) is 4.79 Å². The van der Waals surface area contributed by atoms with Crippen LogP contribution in [0.2, 0.25) is 0 Å². The Balaban J connectivity index is 0.979. The highest BCUT2D eigenvalue weighted by Gasteiger charge is 2.28. The fraction of sp³-hybridized carbons (Fsp3) is 0.395. The third kappa shape index (κ3) is 9.28. The molecule has 4 heterocycles. The first-order valence-electron chi connectivity index (χ1n) is 19.5. The van der Waals surface area contributed by atoms with Gasteiger partial charge in [0.05, 0.1) is 35.7 Å². The number of hydrogen-bond donors (Lipinski definition) is 5. The SMILES string of the molecule is Cc1c(NC(=O)c2ccc(C(C)(C)O)cc2F)cc(F)cc1-c1ncnc2[nH]c(-c3ccc(OC4CCN(CC(CO)OC5CCN(C(=O)O)CC5)CC4)cc3)cc12. The molecule has 5 aromatic rings. The number of carboxylic acid groups (broad SMARTS) is 1. The van der Waals surface area contributed by atoms with Gasteiger partial charge in [-0.2, -0.15) is 0 Å². The number of aliphatic hydroxyl groups is 2. The number of aliphatic hydroxyl groups excluding tert-OH is 1. The maximum Gasteiger partial charge on any atom is 0.407 e. The van der Waals surface area contributed by atoms with Gasteiger partial charge in [-0.1, -0.05) is 6.07 Å². The van der Waals surface area contributed by atoms with Gasteiger partial charge in [0.25, 0.3) is 5.91 Å². The largest absolute Gasteiger partial charge is 0.490 e. The number of carbonyl (C=O) groups excluding carboxylic acids is 1. The lowest BCUT2D eigenvalue weighted by molar-refractivity contribution is -0.0752. The van der Waals surface area contributed by atoms with Gasteiger partial charge in [-0.25, -0.2) is 23.5 Å². The highest BCUT2D eigenvalue weighted by molar-refractivity contribution is 6.06. The van der Waals surface area contributed by atoms with Crippen LogP contribution in [0, 0.1) is 18.6 Å². The van der Waals surface area contributed by atoms with E-state index < -0.39 is 29.2 Å². The molecule has 0 bridgehead atoms. The molecular formula is C43H48F2N6O7. The topological polar surface area (TPSA) is 173 Å². The Morgan fingerprint density at radius 2 is 1.67 bits per heavy atom. The van der Waals surface area contributed by atoms with Crippen molar-refractivity contribution in [2.24, 2.45) is 0 Å². The average molecular weight is 799 g/mol. The van der Waals surface area contributed by atoms with Crippen molar-refractivity contribution in [1.82, 2.24) is 24.8 Å². The van der Waals surface area contributed by atoms with Crippen molar-refractivity contribution in [3.63, 3.8) is 0 Å². The van der Waals surface area contributed by atoms with Crippen LogP contribution in [0.3, 0.4) is 0 Å². The van der Waals surface area contributed by atoms with Gasteiger partial charge in [-0.05, 0) is 118 Å². The summed E-state index contributed by atoms with van der Waals surface area (Å²) < 4.78 is 42.6. The van der Waals surface area contributed by atoms with E-state index in [-0.39, 0.29) is 36.2 Å². The van der Waals surface area contributed by atoms with E-state index in [0.717, 1.165) is 49.0 Å². The van der Waals surface area contributed by atoms with Gasteiger partial charge >= 0.3 is 6.09 Å². The number of fused-ring (bicyclic) bond motifs is 1. The number of amides is 2. The molecule has 2 saturated heterocycles. The number of ether oxygens (including phenoxy) is 2. The summed E-state index contributed by atoms with van der Waals surface area (Å²) >= 11 is 0. The van der Waals surface area contributed by atoms with Crippen molar-refractivity contribution < 1.29 is 43.2 Å². The number of rotatable bonds is 12. The predicted molar refractivity (Wildman–Crippen MR) is 214 cm³/mol. The zero-order chi connectivity index (χ0) is 41.1. The molecule has 58 heavy (non-hydrogen) atoms. The Bertz CT molecular complexity index is 2260. The van der Waals surface area contributed by atoms with Gasteiger partial charge in [0.1, 0.15) is 35.5 Å². The van der Waals surface area contributed by atoms with Crippen LogP contribution in [0.1, 0.15) is 61.0 Å². The van der Waals surface area contributed by atoms with Gasteiger partial charge in [-0.15, -0.1) is 0 Å². The molecule has 2 fully saturated rings. The van der Waals surface area contributed by atoms with Crippen molar-refractivity contribution in [2.75, 3.05) is 44.6 Å². The molecule has 2 aromatic heterocycles. The third-order valence-electron chi connectivity index (χ3n) is 11.0. The molecule has 2 aliphatic heterocycles. The molecule has 7 rings (SSSR count). The maximum atomic E-state index is 15.1. The van der Waals surface area contributed by atoms with Crippen LogP contribution in [0.15, 0.2) is 67.0 Å². The number of aromatic nitrogens is 3. The molecule has 0 saturated carbocycles. The molecule has 1 atom stereocenters. The first-order valence-corrected chi connectivity index (χ1v) is 19.5. The van der Waals surface area contributed by atoms with E-state index in [1.807, 2.05) is 30.3 Å². The lowest BCUT2D eigenvalue weighted by Crippen LogP contribution is -2.46. The minimum Gasteiger partial charge on any atom is -0.490 e. The normalized spacial score (nSPS) is 16.4. The summed E-state index contributed by atoms with van der Waals surface area (Å²) in [5.74, 6) is -1.45. The standard InChI is InChI=1S/C43H48F2N6O7/c1-25-34(19-28(44)20-37(25)49-41(53)33-9-6-27(18-36(33)45)43(2,3)56)39-35-21-38(48-40(35)47-24-46-39)26-4-7-29(8-5-26)57-30-10-14-50(15-11-30)22-32(23-52)58-31-12-16-51(17-13-31)42(54)55/h4-9,18-21,24,30-32,52,56H,10-17,22-23H2,1-3H3,(H,49,53)(H,54,55)(H,46,47,48). The molecule has 306 valence electrons. The Kier molecular flexibility index (Phi) is 12.0. The van der Waals surface area contributed by atoms with Crippen molar-refractivity contribution >= 4 is 28.7 Å². The molecule has 15 heteroatoms. The molecule has 3 aromatic carbocycles. The highest BCUT2D eigenvalue weighted by atomic mass is 19.1. The first-order chi connectivity index (χ1) is 27.7. The zero-order valence-corrected chi connectivity index (χ0v) is 32.7. The summed E-state index contributed by atoms with van der Waals surface area (Å²) in [4.78, 5) is 40.2. The number of nitrogens with one attached hydrogen (secondary N) is 2. The van der Waals surface area contributed by atoms with Crippen LogP contribution in [-0.2, 0) is 10.3 Å². The monoisotopic (exact) mass is 798 g/mol. The molecule has 0 spiro atoms. The van der Waals surface area contributed by atoms with Crippen LogP contribution < -0.4 is 10.1 Å². The number of hydrogen-bond acceptors (Lipinski definition) is 9. The number of aromatic amines is 1. The van der Waals surface area contributed by atoms with Gasteiger partial charge in [0, 0.05) is 55.1 Å². The van der Waals surface area contributed by atoms with E-state index in [4.69, 9.17) is 9.47 Å². The number of piperidine rings is 2. The minimum absolute atomic E-state index is 0.0317. The van der Waals surface area contributed by atoms with Crippen LogP contribution >= 0.6 is 0 Å². The number of nitrogens with zero attached hydrogens (tertiary/aromatic N) is 4. The number of halogens is 2. The van der Waals surface area contributed by atoms with Crippen LogP contribution in [0.25, 0.3) is 33.5 Å².